The molecule has 0 radical (unpaired) electrons. The van der Waals surface area contributed by atoms with Crippen LogP contribution in [0.25, 0.3) is 10.9 Å². The summed E-state index contributed by atoms with van der Waals surface area (Å²) in [4.78, 5) is 33.3. The molecule has 0 aliphatic carbocycles. The number of hydrogen-bond acceptors (Lipinski definition) is 4. The highest BCUT2D eigenvalue weighted by Crippen LogP contribution is 2.27. The second-order valence-corrected chi connectivity index (χ2v) is 7.20. The highest BCUT2D eigenvalue weighted by Gasteiger charge is 2.16. The molecule has 150 valence electrons. The normalized spacial score (nSPS) is 10.9. The SMILES string of the molecule is CCc1cc(C(=O)NCCNC(=O)c2ccncc2)c2nccc(C(C)C)c2c1. The van der Waals surface area contributed by atoms with Gasteiger partial charge in [0.2, 0.25) is 0 Å². The molecule has 6 heteroatoms. The van der Waals surface area contributed by atoms with Crippen LogP contribution >= 0.6 is 0 Å². The van der Waals surface area contributed by atoms with Crippen molar-refractivity contribution in [3.63, 3.8) is 0 Å². The van der Waals surface area contributed by atoms with Gasteiger partial charge in [0.05, 0.1) is 11.1 Å². The van der Waals surface area contributed by atoms with Crippen molar-refractivity contribution in [1.29, 1.82) is 0 Å². The highest BCUT2D eigenvalue weighted by molar-refractivity contribution is 6.06. The van der Waals surface area contributed by atoms with Crippen molar-refractivity contribution in [2.75, 3.05) is 13.1 Å². The fourth-order valence-corrected chi connectivity index (χ4v) is 3.27. The molecule has 0 aliphatic heterocycles. The lowest BCUT2D eigenvalue weighted by Crippen LogP contribution is -2.34. The van der Waals surface area contributed by atoms with Gasteiger partial charge in [-0.2, -0.15) is 0 Å². The first-order valence-corrected chi connectivity index (χ1v) is 9.89. The summed E-state index contributed by atoms with van der Waals surface area (Å²) in [6, 6.07) is 9.35. The van der Waals surface area contributed by atoms with Crippen LogP contribution in [-0.2, 0) is 6.42 Å². The molecule has 0 fully saturated rings. The van der Waals surface area contributed by atoms with Gasteiger partial charge in [0.1, 0.15) is 0 Å². The number of nitrogens with one attached hydrogen (secondary N) is 2. The van der Waals surface area contributed by atoms with Gasteiger partial charge in [0, 0.05) is 42.6 Å². The van der Waals surface area contributed by atoms with Crippen molar-refractivity contribution < 1.29 is 9.59 Å². The Morgan fingerprint density at radius 2 is 1.66 bits per heavy atom. The van der Waals surface area contributed by atoms with E-state index < -0.39 is 0 Å². The summed E-state index contributed by atoms with van der Waals surface area (Å²) in [6.07, 6.45) is 5.74. The Morgan fingerprint density at radius 1 is 0.966 bits per heavy atom. The van der Waals surface area contributed by atoms with Gasteiger partial charge in [-0.1, -0.05) is 20.8 Å². The Bertz CT molecular complexity index is 1020. The zero-order chi connectivity index (χ0) is 20.8. The van der Waals surface area contributed by atoms with Crippen LogP contribution in [0.15, 0.2) is 48.9 Å². The summed E-state index contributed by atoms with van der Waals surface area (Å²) in [6.45, 7) is 7.01. The van der Waals surface area contributed by atoms with E-state index in [9.17, 15) is 9.59 Å². The number of aryl methyl sites for hydroxylation is 1. The number of fused-ring (bicyclic) bond motifs is 1. The summed E-state index contributed by atoms with van der Waals surface area (Å²) in [5.41, 5.74) is 4.11. The average Bonchev–Trinajstić information content (AvgIpc) is 2.75. The third kappa shape index (κ3) is 4.77. The molecule has 3 aromatic rings. The van der Waals surface area contributed by atoms with E-state index in [1.54, 1.807) is 30.7 Å². The third-order valence-electron chi connectivity index (χ3n) is 4.85. The summed E-state index contributed by atoms with van der Waals surface area (Å²) in [5.74, 6) is -0.0351. The number of amides is 2. The molecule has 2 aromatic heterocycles. The standard InChI is InChI=1S/C23H26N4O2/c1-4-16-13-19-18(15(2)3)7-10-25-21(19)20(14-16)23(29)27-12-11-26-22(28)17-5-8-24-9-6-17/h5-10,13-15H,4,11-12H2,1-3H3,(H,26,28)(H,27,29). The van der Waals surface area contributed by atoms with Gasteiger partial charge in [0.15, 0.2) is 0 Å². The third-order valence-corrected chi connectivity index (χ3v) is 4.85. The maximum absolute atomic E-state index is 12.9. The van der Waals surface area contributed by atoms with Crippen molar-refractivity contribution in [2.45, 2.75) is 33.1 Å². The number of rotatable bonds is 7. The highest BCUT2D eigenvalue weighted by atomic mass is 16.2. The quantitative estimate of drug-likeness (QED) is 0.605. The summed E-state index contributed by atoms with van der Waals surface area (Å²) in [5, 5.41) is 6.71. The predicted molar refractivity (Wildman–Crippen MR) is 114 cm³/mol. The Kier molecular flexibility index (Phi) is 6.54. The second-order valence-electron chi connectivity index (χ2n) is 7.20. The smallest absolute Gasteiger partial charge is 0.253 e. The van der Waals surface area contributed by atoms with Crippen LogP contribution in [0.5, 0.6) is 0 Å². The zero-order valence-electron chi connectivity index (χ0n) is 17.0. The number of aromatic nitrogens is 2. The fraction of sp³-hybridized carbons (Fsp3) is 0.304. The first kappa shape index (κ1) is 20.5. The molecule has 2 heterocycles. The molecular weight excluding hydrogens is 364 g/mol. The Hall–Kier alpha value is -3.28. The van der Waals surface area contributed by atoms with Gasteiger partial charge in [-0.05, 0) is 53.8 Å². The number of pyridine rings is 2. The molecule has 6 nitrogen and oxygen atoms in total. The largest absolute Gasteiger partial charge is 0.350 e. The first-order valence-electron chi connectivity index (χ1n) is 9.89. The number of carbonyl (C=O) groups is 2. The predicted octanol–water partition coefficient (Wildman–Crippen LogP) is 3.48. The molecule has 2 amide bonds. The van der Waals surface area contributed by atoms with Crippen molar-refractivity contribution in [2.24, 2.45) is 0 Å². The fourth-order valence-electron chi connectivity index (χ4n) is 3.27. The van der Waals surface area contributed by atoms with Crippen LogP contribution in [0.1, 0.15) is 58.5 Å². The topological polar surface area (TPSA) is 84.0 Å². The van der Waals surface area contributed by atoms with Gasteiger partial charge < -0.3 is 10.6 Å². The van der Waals surface area contributed by atoms with E-state index in [0.717, 1.165) is 17.4 Å². The van der Waals surface area contributed by atoms with E-state index in [2.05, 4.69) is 47.4 Å². The van der Waals surface area contributed by atoms with E-state index in [4.69, 9.17) is 0 Å². The molecule has 1 aromatic carbocycles. The maximum atomic E-state index is 12.9. The van der Waals surface area contributed by atoms with Gasteiger partial charge in [-0.3, -0.25) is 19.6 Å². The zero-order valence-corrected chi connectivity index (χ0v) is 17.0. The number of nitrogens with zero attached hydrogens (tertiary/aromatic N) is 2. The van der Waals surface area contributed by atoms with Crippen LogP contribution in [0.4, 0.5) is 0 Å². The van der Waals surface area contributed by atoms with Crippen LogP contribution in [0, 0.1) is 0 Å². The molecule has 0 saturated heterocycles. The molecular formula is C23H26N4O2. The van der Waals surface area contributed by atoms with Crippen LogP contribution < -0.4 is 10.6 Å². The molecule has 29 heavy (non-hydrogen) atoms. The van der Waals surface area contributed by atoms with E-state index in [1.165, 1.54) is 5.56 Å². The number of benzene rings is 1. The van der Waals surface area contributed by atoms with Crippen LogP contribution in [0.3, 0.4) is 0 Å². The van der Waals surface area contributed by atoms with Gasteiger partial charge in [-0.15, -0.1) is 0 Å². The minimum Gasteiger partial charge on any atom is -0.350 e. The Balaban J connectivity index is 1.72. The van der Waals surface area contributed by atoms with E-state index in [1.807, 2.05) is 12.1 Å². The van der Waals surface area contributed by atoms with Crippen molar-refractivity contribution in [3.8, 4) is 0 Å². The molecule has 0 bridgehead atoms. The maximum Gasteiger partial charge on any atom is 0.253 e. The molecule has 0 saturated carbocycles. The average molecular weight is 390 g/mol. The molecule has 0 atom stereocenters. The van der Waals surface area contributed by atoms with E-state index in [0.29, 0.717) is 35.7 Å². The lowest BCUT2D eigenvalue weighted by molar-refractivity contribution is 0.0928. The minimum absolute atomic E-state index is 0.183. The molecule has 0 unspecified atom stereocenters. The lowest BCUT2D eigenvalue weighted by atomic mass is 9.94. The number of carbonyl (C=O) groups excluding carboxylic acids is 2. The van der Waals surface area contributed by atoms with E-state index in [-0.39, 0.29) is 11.8 Å². The van der Waals surface area contributed by atoms with Crippen molar-refractivity contribution in [3.05, 3.63) is 71.2 Å². The minimum atomic E-state index is -0.191. The molecule has 0 aliphatic rings. The molecule has 0 spiro atoms. The van der Waals surface area contributed by atoms with Gasteiger partial charge in [-0.25, -0.2) is 0 Å². The summed E-state index contributed by atoms with van der Waals surface area (Å²) < 4.78 is 0. The summed E-state index contributed by atoms with van der Waals surface area (Å²) >= 11 is 0. The first-order chi connectivity index (χ1) is 14.0. The monoisotopic (exact) mass is 390 g/mol. The molecule has 3 rings (SSSR count). The van der Waals surface area contributed by atoms with Crippen LogP contribution in [-0.4, -0.2) is 34.9 Å². The Labute approximate surface area is 170 Å². The van der Waals surface area contributed by atoms with Crippen molar-refractivity contribution >= 4 is 22.7 Å². The van der Waals surface area contributed by atoms with E-state index >= 15 is 0 Å². The van der Waals surface area contributed by atoms with Gasteiger partial charge >= 0.3 is 0 Å². The van der Waals surface area contributed by atoms with Gasteiger partial charge in [0.25, 0.3) is 11.8 Å². The van der Waals surface area contributed by atoms with Crippen molar-refractivity contribution in [1.82, 2.24) is 20.6 Å². The van der Waals surface area contributed by atoms with Crippen LogP contribution in [0.2, 0.25) is 0 Å². The second kappa shape index (κ2) is 9.28. The molecule has 2 N–H and O–H groups in total. The number of hydrogen-bond donors (Lipinski definition) is 2. The Morgan fingerprint density at radius 3 is 2.31 bits per heavy atom. The lowest BCUT2D eigenvalue weighted by Gasteiger charge is -2.14. The summed E-state index contributed by atoms with van der Waals surface area (Å²) in [7, 11) is 0.